The number of aromatic nitrogens is 5. The molecule has 0 aliphatic carbocycles. The number of hydrogen-bond acceptors (Lipinski definition) is 6. The van der Waals surface area contributed by atoms with Crippen molar-refractivity contribution in [1.82, 2.24) is 25.3 Å². The minimum absolute atomic E-state index is 0.247. The molecule has 2 aromatic heterocycles. The lowest BCUT2D eigenvalue weighted by Crippen LogP contribution is -2.29. The van der Waals surface area contributed by atoms with Gasteiger partial charge in [-0.25, -0.2) is 0 Å². The highest BCUT2D eigenvalue weighted by atomic mass is 15.6. The quantitative estimate of drug-likeness (QED) is 0.755. The van der Waals surface area contributed by atoms with Gasteiger partial charge in [-0.3, -0.25) is 0 Å². The molecule has 0 saturated heterocycles. The highest BCUT2D eigenvalue weighted by Gasteiger charge is 2.07. The van der Waals surface area contributed by atoms with Crippen LogP contribution in [0.25, 0.3) is 5.65 Å². The Morgan fingerprint density at radius 2 is 2.35 bits per heavy atom. The summed E-state index contributed by atoms with van der Waals surface area (Å²) in [7, 11) is 0. The van der Waals surface area contributed by atoms with Gasteiger partial charge in [0, 0.05) is 12.6 Å². The summed E-state index contributed by atoms with van der Waals surface area (Å²) in [6, 6.07) is 3.93. The van der Waals surface area contributed by atoms with E-state index in [2.05, 4.69) is 32.9 Å². The smallest absolute Gasteiger partial charge is 0.200 e. The van der Waals surface area contributed by atoms with Gasteiger partial charge in [0.05, 0.1) is 0 Å². The Labute approximate surface area is 99.4 Å². The fourth-order valence-corrected chi connectivity index (χ4v) is 1.64. The van der Waals surface area contributed by atoms with Crippen molar-refractivity contribution in [2.45, 2.75) is 32.2 Å². The van der Waals surface area contributed by atoms with Crippen LogP contribution in [0, 0.1) is 0 Å². The maximum Gasteiger partial charge on any atom is 0.200 e. The first-order chi connectivity index (χ1) is 8.33. The zero-order valence-electron chi connectivity index (χ0n) is 9.87. The van der Waals surface area contributed by atoms with Gasteiger partial charge in [0.15, 0.2) is 5.65 Å². The minimum Gasteiger partial charge on any atom is -0.365 e. The maximum atomic E-state index is 5.72. The molecule has 0 aromatic carbocycles. The molecule has 0 spiro atoms. The molecule has 2 rings (SSSR count). The van der Waals surface area contributed by atoms with E-state index in [-0.39, 0.29) is 6.04 Å². The van der Waals surface area contributed by atoms with Crippen molar-refractivity contribution in [1.29, 1.82) is 0 Å². The second-order valence-corrected chi connectivity index (χ2v) is 3.96. The van der Waals surface area contributed by atoms with E-state index in [0.29, 0.717) is 12.2 Å². The molecule has 1 unspecified atom stereocenters. The largest absolute Gasteiger partial charge is 0.365 e. The second-order valence-electron chi connectivity index (χ2n) is 3.96. The molecule has 0 amide bonds. The van der Waals surface area contributed by atoms with E-state index in [1.54, 1.807) is 0 Å². The van der Waals surface area contributed by atoms with Crippen LogP contribution in [0.4, 0.5) is 5.82 Å². The van der Waals surface area contributed by atoms with E-state index in [4.69, 9.17) is 5.73 Å². The van der Waals surface area contributed by atoms with Gasteiger partial charge in [0.2, 0.25) is 0 Å². The molecule has 2 heterocycles. The molecule has 7 heteroatoms. The van der Waals surface area contributed by atoms with Crippen molar-refractivity contribution < 1.29 is 0 Å². The van der Waals surface area contributed by atoms with E-state index in [1.807, 2.05) is 12.1 Å². The van der Waals surface area contributed by atoms with Crippen molar-refractivity contribution in [3.05, 3.63) is 12.1 Å². The molecule has 0 aliphatic rings. The lowest BCUT2D eigenvalue weighted by Gasteiger charge is -2.16. The summed E-state index contributed by atoms with van der Waals surface area (Å²) >= 11 is 0. The Hall–Kier alpha value is -1.76. The van der Waals surface area contributed by atoms with Gasteiger partial charge < -0.3 is 11.1 Å². The van der Waals surface area contributed by atoms with Crippen LogP contribution in [0.3, 0.4) is 0 Å². The van der Waals surface area contributed by atoms with Crippen LogP contribution in [0.15, 0.2) is 12.1 Å². The number of anilines is 1. The van der Waals surface area contributed by atoms with Crippen molar-refractivity contribution in [2.75, 3.05) is 11.9 Å². The molecule has 0 bridgehead atoms. The fraction of sp³-hybridized carbons (Fsp3) is 0.600. The third kappa shape index (κ3) is 2.88. The maximum absolute atomic E-state index is 5.72. The number of nitrogens with zero attached hydrogens (tertiary/aromatic N) is 5. The Kier molecular flexibility index (Phi) is 3.81. The predicted octanol–water partition coefficient (Wildman–Crippen LogP) is 0.449. The Bertz CT molecular complexity index is 466. The molecule has 17 heavy (non-hydrogen) atoms. The van der Waals surface area contributed by atoms with E-state index >= 15 is 0 Å². The van der Waals surface area contributed by atoms with Crippen LogP contribution in [0.5, 0.6) is 0 Å². The standard InChI is InChI=1S/C10H17N7/c1-2-3-4-8(7-11)12-9-5-6-10-13-15-16-17(10)14-9/h5-6,8H,2-4,7,11H2,1H3,(H,12,14). The molecule has 3 N–H and O–H groups in total. The lowest BCUT2D eigenvalue weighted by atomic mass is 10.1. The van der Waals surface area contributed by atoms with Gasteiger partial charge in [-0.05, 0) is 29.0 Å². The van der Waals surface area contributed by atoms with Crippen LogP contribution < -0.4 is 11.1 Å². The zero-order valence-corrected chi connectivity index (χ0v) is 9.87. The number of nitrogens with two attached hydrogens (primary N) is 1. The van der Waals surface area contributed by atoms with Crippen molar-refractivity contribution >= 4 is 11.5 Å². The first-order valence-electron chi connectivity index (χ1n) is 5.85. The van der Waals surface area contributed by atoms with Crippen LogP contribution in [-0.2, 0) is 0 Å². The summed E-state index contributed by atoms with van der Waals surface area (Å²) in [5, 5.41) is 18.6. The normalized spacial score (nSPS) is 12.8. The summed E-state index contributed by atoms with van der Waals surface area (Å²) < 4.78 is 1.40. The Morgan fingerprint density at radius 1 is 1.47 bits per heavy atom. The van der Waals surface area contributed by atoms with Gasteiger partial charge in [-0.1, -0.05) is 19.8 Å². The molecule has 2 aromatic rings. The number of rotatable bonds is 6. The predicted molar refractivity (Wildman–Crippen MR) is 64.6 cm³/mol. The summed E-state index contributed by atoms with van der Waals surface area (Å²) in [5.41, 5.74) is 6.35. The van der Waals surface area contributed by atoms with E-state index in [0.717, 1.165) is 25.1 Å². The highest BCUT2D eigenvalue weighted by molar-refractivity contribution is 5.42. The second kappa shape index (κ2) is 5.53. The fourth-order valence-electron chi connectivity index (χ4n) is 1.64. The lowest BCUT2D eigenvalue weighted by molar-refractivity contribution is 0.608. The van der Waals surface area contributed by atoms with Crippen LogP contribution in [-0.4, -0.2) is 37.8 Å². The Morgan fingerprint density at radius 3 is 3.12 bits per heavy atom. The van der Waals surface area contributed by atoms with Crippen LogP contribution in [0.2, 0.25) is 0 Å². The average molecular weight is 235 g/mol. The van der Waals surface area contributed by atoms with Crippen LogP contribution >= 0.6 is 0 Å². The summed E-state index contributed by atoms with van der Waals surface area (Å²) in [6.45, 7) is 2.76. The minimum atomic E-state index is 0.247. The molecular formula is C10H17N7. The third-order valence-corrected chi connectivity index (χ3v) is 2.61. The van der Waals surface area contributed by atoms with Gasteiger partial charge in [-0.2, -0.15) is 0 Å². The number of fused-ring (bicyclic) bond motifs is 1. The number of unbranched alkanes of at least 4 members (excludes halogenated alkanes) is 1. The molecule has 92 valence electrons. The SMILES string of the molecule is CCCCC(CN)Nc1ccc2nnnn2n1. The van der Waals surface area contributed by atoms with Crippen molar-refractivity contribution in [2.24, 2.45) is 5.73 Å². The molecule has 7 nitrogen and oxygen atoms in total. The number of hydrogen-bond donors (Lipinski definition) is 2. The summed E-state index contributed by atoms with van der Waals surface area (Å²) in [5.74, 6) is 0.747. The monoisotopic (exact) mass is 235 g/mol. The van der Waals surface area contributed by atoms with Gasteiger partial charge in [0.25, 0.3) is 0 Å². The van der Waals surface area contributed by atoms with Crippen LogP contribution in [0.1, 0.15) is 26.2 Å². The third-order valence-electron chi connectivity index (χ3n) is 2.61. The summed E-state index contributed by atoms with van der Waals surface area (Å²) in [6.07, 6.45) is 3.36. The molecule has 0 radical (unpaired) electrons. The van der Waals surface area contributed by atoms with E-state index < -0.39 is 0 Å². The van der Waals surface area contributed by atoms with Gasteiger partial charge in [-0.15, -0.1) is 14.8 Å². The van der Waals surface area contributed by atoms with Gasteiger partial charge >= 0.3 is 0 Å². The first kappa shape index (κ1) is 11.7. The average Bonchev–Trinajstić information content (AvgIpc) is 2.81. The van der Waals surface area contributed by atoms with E-state index in [9.17, 15) is 0 Å². The molecule has 0 fully saturated rings. The van der Waals surface area contributed by atoms with Gasteiger partial charge in [0.1, 0.15) is 5.82 Å². The molecule has 1 atom stereocenters. The first-order valence-corrected chi connectivity index (χ1v) is 5.85. The van der Waals surface area contributed by atoms with Crippen molar-refractivity contribution in [3.63, 3.8) is 0 Å². The number of nitrogens with one attached hydrogen (secondary N) is 1. The summed E-state index contributed by atoms with van der Waals surface area (Å²) in [4.78, 5) is 0. The number of tetrazole rings is 1. The Balaban J connectivity index is 2.05. The molecule has 0 saturated carbocycles. The molecular weight excluding hydrogens is 218 g/mol. The van der Waals surface area contributed by atoms with Crippen molar-refractivity contribution in [3.8, 4) is 0 Å². The van der Waals surface area contributed by atoms with E-state index in [1.165, 1.54) is 4.63 Å². The highest BCUT2D eigenvalue weighted by Crippen LogP contribution is 2.08. The topological polar surface area (TPSA) is 94.0 Å². The molecule has 0 aliphatic heterocycles. The zero-order chi connectivity index (χ0) is 12.1.